The van der Waals surface area contributed by atoms with E-state index in [1.165, 1.54) is 12.1 Å². The molecule has 0 amide bonds. The Morgan fingerprint density at radius 3 is 2.26 bits per heavy atom. The standard InChI is InChI=1S/C14H21NO6S2/c1-2-11-3-5-12(6-4-11)23(20,21)15(7-8-16)13-9-22(18,19)10-14(13)17/h3-6,13-14,16-17H,2,7-10H2,1H3/t13-,14+/m1/s1. The fourth-order valence-corrected chi connectivity index (χ4v) is 6.22. The molecule has 7 nitrogen and oxygen atoms in total. The number of sulfonamides is 1. The fourth-order valence-electron chi connectivity index (χ4n) is 2.68. The quantitative estimate of drug-likeness (QED) is 0.697. The zero-order valence-electron chi connectivity index (χ0n) is 12.8. The lowest BCUT2D eigenvalue weighted by Gasteiger charge is -2.28. The van der Waals surface area contributed by atoms with Gasteiger partial charge in [-0.25, -0.2) is 16.8 Å². The zero-order chi connectivity index (χ0) is 17.3. The SMILES string of the molecule is CCc1ccc(S(=O)(=O)N(CCO)[C@@H]2CS(=O)(=O)C[C@@H]2O)cc1. The lowest BCUT2D eigenvalue weighted by Crippen LogP contribution is -2.47. The Morgan fingerprint density at radius 2 is 1.83 bits per heavy atom. The van der Waals surface area contributed by atoms with Crippen molar-refractivity contribution in [3.63, 3.8) is 0 Å². The molecular formula is C14H21NO6S2. The van der Waals surface area contributed by atoms with E-state index in [2.05, 4.69) is 0 Å². The minimum atomic E-state index is -4.01. The van der Waals surface area contributed by atoms with Crippen LogP contribution in [0.2, 0.25) is 0 Å². The van der Waals surface area contributed by atoms with Crippen LogP contribution in [-0.2, 0) is 26.3 Å². The molecule has 9 heteroatoms. The van der Waals surface area contributed by atoms with Gasteiger partial charge in [-0.2, -0.15) is 4.31 Å². The maximum Gasteiger partial charge on any atom is 0.243 e. The van der Waals surface area contributed by atoms with Gasteiger partial charge < -0.3 is 10.2 Å². The van der Waals surface area contributed by atoms with Crippen LogP contribution in [0.4, 0.5) is 0 Å². The molecule has 0 unspecified atom stereocenters. The van der Waals surface area contributed by atoms with Gasteiger partial charge in [0.1, 0.15) is 0 Å². The highest BCUT2D eigenvalue weighted by Crippen LogP contribution is 2.25. The van der Waals surface area contributed by atoms with Crippen LogP contribution in [0.25, 0.3) is 0 Å². The molecule has 0 radical (unpaired) electrons. The van der Waals surface area contributed by atoms with Gasteiger partial charge in [-0.15, -0.1) is 0 Å². The van der Waals surface area contributed by atoms with Crippen LogP contribution in [0.15, 0.2) is 29.2 Å². The Bertz CT molecular complexity index is 742. The maximum atomic E-state index is 12.8. The highest BCUT2D eigenvalue weighted by atomic mass is 32.2. The van der Waals surface area contributed by atoms with Crippen LogP contribution in [0.5, 0.6) is 0 Å². The monoisotopic (exact) mass is 363 g/mol. The van der Waals surface area contributed by atoms with Crippen LogP contribution >= 0.6 is 0 Å². The van der Waals surface area contributed by atoms with E-state index in [0.29, 0.717) is 0 Å². The molecule has 1 aliphatic heterocycles. The number of nitrogens with zero attached hydrogens (tertiary/aromatic N) is 1. The second-order valence-corrected chi connectivity index (χ2v) is 9.59. The number of hydrogen-bond acceptors (Lipinski definition) is 6. The first-order valence-electron chi connectivity index (χ1n) is 7.31. The van der Waals surface area contributed by atoms with Gasteiger partial charge in [0, 0.05) is 6.54 Å². The van der Waals surface area contributed by atoms with Crippen molar-refractivity contribution in [2.24, 2.45) is 0 Å². The normalized spacial score (nSPS) is 24.2. The minimum absolute atomic E-state index is 0.0136. The number of aliphatic hydroxyl groups excluding tert-OH is 2. The molecule has 0 bridgehead atoms. The third-order valence-corrected chi connectivity index (χ3v) is 7.56. The Balaban J connectivity index is 2.39. The number of sulfone groups is 1. The number of aliphatic hydroxyl groups is 2. The van der Waals surface area contributed by atoms with Gasteiger partial charge >= 0.3 is 0 Å². The van der Waals surface area contributed by atoms with Crippen LogP contribution < -0.4 is 0 Å². The van der Waals surface area contributed by atoms with E-state index < -0.39 is 50.1 Å². The average molecular weight is 363 g/mol. The topological polar surface area (TPSA) is 112 Å². The maximum absolute atomic E-state index is 12.8. The van der Waals surface area contributed by atoms with Crippen molar-refractivity contribution >= 4 is 19.9 Å². The van der Waals surface area contributed by atoms with Crippen LogP contribution in [0, 0.1) is 0 Å². The first-order chi connectivity index (χ1) is 10.7. The van der Waals surface area contributed by atoms with E-state index in [9.17, 15) is 21.9 Å². The molecule has 0 aliphatic carbocycles. The number of rotatable bonds is 6. The van der Waals surface area contributed by atoms with E-state index >= 15 is 0 Å². The van der Waals surface area contributed by atoms with Crippen LogP contribution in [0.3, 0.4) is 0 Å². The fraction of sp³-hybridized carbons (Fsp3) is 0.571. The van der Waals surface area contributed by atoms with E-state index in [1.807, 2.05) is 6.92 Å². The first kappa shape index (κ1) is 18.3. The average Bonchev–Trinajstić information content (AvgIpc) is 2.77. The molecule has 1 aliphatic rings. The molecule has 1 fully saturated rings. The van der Waals surface area contributed by atoms with Crippen molar-refractivity contribution in [2.75, 3.05) is 24.7 Å². The predicted molar refractivity (Wildman–Crippen MR) is 85.2 cm³/mol. The van der Waals surface area contributed by atoms with Crippen LogP contribution in [-0.4, -0.2) is 68.2 Å². The molecule has 2 rings (SSSR count). The minimum Gasteiger partial charge on any atom is -0.395 e. The van der Waals surface area contributed by atoms with Crippen molar-refractivity contribution < 1.29 is 27.0 Å². The van der Waals surface area contributed by atoms with Crippen molar-refractivity contribution in [3.05, 3.63) is 29.8 Å². The summed E-state index contributed by atoms with van der Waals surface area (Å²) in [7, 11) is -7.50. The van der Waals surface area contributed by atoms with E-state index in [0.717, 1.165) is 16.3 Å². The molecule has 0 aromatic heterocycles. The van der Waals surface area contributed by atoms with E-state index in [4.69, 9.17) is 5.11 Å². The van der Waals surface area contributed by atoms with Gasteiger partial charge in [-0.3, -0.25) is 0 Å². The largest absolute Gasteiger partial charge is 0.395 e. The molecule has 2 atom stereocenters. The molecule has 1 aromatic rings. The summed E-state index contributed by atoms with van der Waals surface area (Å²) in [4.78, 5) is 0.0136. The van der Waals surface area contributed by atoms with Crippen molar-refractivity contribution in [1.29, 1.82) is 0 Å². The predicted octanol–water partition coefficient (Wildman–Crippen LogP) is -0.610. The summed E-state index contributed by atoms with van der Waals surface area (Å²) in [6.45, 7) is 1.21. The van der Waals surface area contributed by atoms with E-state index in [-0.39, 0.29) is 11.4 Å². The lowest BCUT2D eigenvalue weighted by atomic mass is 10.2. The van der Waals surface area contributed by atoms with Gasteiger partial charge in [0.05, 0.1) is 35.2 Å². The Labute approximate surface area is 136 Å². The molecular weight excluding hydrogens is 342 g/mol. The molecule has 0 saturated carbocycles. The van der Waals surface area contributed by atoms with E-state index in [1.54, 1.807) is 12.1 Å². The van der Waals surface area contributed by atoms with Crippen molar-refractivity contribution in [3.8, 4) is 0 Å². The molecule has 130 valence electrons. The second kappa shape index (κ2) is 6.86. The zero-order valence-corrected chi connectivity index (χ0v) is 14.4. The molecule has 1 saturated heterocycles. The van der Waals surface area contributed by atoms with Gasteiger partial charge in [0.25, 0.3) is 0 Å². The Hall–Kier alpha value is -1.00. The molecule has 23 heavy (non-hydrogen) atoms. The Morgan fingerprint density at radius 1 is 1.22 bits per heavy atom. The van der Waals surface area contributed by atoms with Gasteiger partial charge in [0.2, 0.25) is 10.0 Å². The summed E-state index contributed by atoms with van der Waals surface area (Å²) in [5.41, 5.74) is 0.973. The summed E-state index contributed by atoms with van der Waals surface area (Å²) in [5, 5.41) is 19.1. The van der Waals surface area contributed by atoms with Crippen LogP contribution in [0.1, 0.15) is 12.5 Å². The third kappa shape index (κ3) is 3.92. The van der Waals surface area contributed by atoms with Crippen molar-refractivity contribution in [1.82, 2.24) is 4.31 Å². The lowest BCUT2D eigenvalue weighted by molar-refractivity contribution is 0.117. The second-order valence-electron chi connectivity index (χ2n) is 5.55. The number of aryl methyl sites for hydroxylation is 1. The molecule has 2 N–H and O–H groups in total. The number of benzene rings is 1. The summed E-state index contributed by atoms with van der Waals surface area (Å²) in [6, 6.07) is 5.20. The Kier molecular flexibility index (Phi) is 5.47. The molecule has 1 heterocycles. The smallest absolute Gasteiger partial charge is 0.243 e. The first-order valence-corrected chi connectivity index (χ1v) is 10.6. The van der Waals surface area contributed by atoms with Gasteiger partial charge in [-0.1, -0.05) is 19.1 Å². The summed E-state index contributed by atoms with van der Waals surface area (Å²) >= 11 is 0. The molecule has 1 aromatic carbocycles. The third-order valence-electron chi connectivity index (χ3n) is 3.92. The number of hydrogen-bond donors (Lipinski definition) is 2. The van der Waals surface area contributed by atoms with Gasteiger partial charge in [0.15, 0.2) is 9.84 Å². The van der Waals surface area contributed by atoms with Crippen molar-refractivity contribution in [2.45, 2.75) is 30.4 Å². The highest BCUT2D eigenvalue weighted by Gasteiger charge is 2.44. The highest BCUT2D eigenvalue weighted by molar-refractivity contribution is 7.92. The summed E-state index contributed by atoms with van der Waals surface area (Å²) < 4.78 is 49.8. The summed E-state index contributed by atoms with van der Waals surface area (Å²) in [5.74, 6) is -0.912. The molecule has 0 spiro atoms. The van der Waals surface area contributed by atoms with Gasteiger partial charge in [-0.05, 0) is 24.1 Å². The summed E-state index contributed by atoms with van der Waals surface area (Å²) in [6.07, 6.45) is -0.531.